The van der Waals surface area contributed by atoms with Crippen molar-refractivity contribution < 1.29 is 0 Å². The molecule has 0 unspecified atom stereocenters. The lowest BCUT2D eigenvalue weighted by Crippen LogP contribution is -2.14. The third-order valence-electron chi connectivity index (χ3n) is 3.10. The summed E-state index contributed by atoms with van der Waals surface area (Å²) in [6.07, 6.45) is 6.82. The number of hydrogen-bond donors (Lipinski definition) is 0. The highest BCUT2D eigenvalue weighted by atomic mass is 14.7. The van der Waals surface area contributed by atoms with E-state index in [0.29, 0.717) is 0 Å². The Balaban J connectivity index is 0.000000371. The minimum absolute atomic E-state index is 0.220. The van der Waals surface area contributed by atoms with Crippen molar-refractivity contribution in [3.05, 3.63) is 35.8 Å². The molecule has 0 bridgehead atoms. The lowest BCUT2D eigenvalue weighted by molar-refractivity contribution is 0.544. The molecule has 1 aliphatic carbocycles. The molecule has 0 saturated heterocycles. The number of pyridine rings is 2. The molecule has 0 spiro atoms. The quantitative estimate of drug-likeness (QED) is 0.681. The third kappa shape index (κ3) is 2.38. The van der Waals surface area contributed by atoms with Gasteiger partial charge in [-0.05, 0) is 29.0 Å². The van der Waals surface area contributed by atoms with Crippen LogP contribution < -0.4 is 0 Å². The van der Waals surface area contributed by atoms with Gasteiger partial charge in [0.25, 0.3) is 0 Å². The lowest BCUT2D eigenvalue weighted by atomic mass is 9.87. The minimum atomic E-state index is 0.220. The summed E-state index contributed by atoms with van der Waals surface area (Å²) in [5, 5.41) is 1.33. The second-order valence-electron chi connectivity index (χ2n) is 4.61. The fourth-order valence-corrected chi connectivity index (χ4v) is 2.41. The smallest absolute Gasteiger partial charge is 0.0890 e. The molecule has 0 aliphatic heterocycles. The molecule has 0 aromatic carbocycles. The van der Waals surface area contributed by atoms with Gasteiger partial charge in [-0.3, -0.25) is 9.97 Å². The fourth-order valence-electron chi connectivity index (χ4n) is 2.41. The van der Waals surface area contributed by atoms with Crippen LogP contribution in [0.1, 0.15) is 52.7 Å². The van der Waals surface area contributed by atoms with Gasteiger partial charge in [-0.2, -0.15) is 0 Å². The molecule has 0 amide bonds. The van der Waals surface area contributed by atoms with E-state index in [9.17, 15) is 0 Å². The van der Waals surface area contributed by atoms with Crippen molar-refractivity contribution in [1.29, 1.82) is 0 Å². The molecule has 2 aromatic heterocycles. The van der Waals surface area contributed by atoms with Gasteiger partial charge in [0.1, 0.15) is 0 Å². The molecule has 2 heterocycles. The maximum absolute atomic E-state index is 4.35. The van der Waals surface area contributed by atoms with Crippen molar-refractivity contribution in [1.82, 2.24) is 9.97 Å². The van der Waals surface area contributed by atoms with Gasteiger partial charge in [-0.1, -0.05) is 41.5 Å². The number of nitrogens with zero attached hydrogens (tertiary/aromatic N) is 2. The van der Waals surface area contributed by atoms with Crippen molar-refractivity contribution in [3.8, 4) is 0 Å². The Kier molecular flexibility index (Phi) is 4.83. The summed E-state index contributed by atoms with van der Waals surface area (Å²) in [4.78, 5) is 8.60. The summed E-state index contributed by atoms with van der Waals surface area (Å²) >= 11 is 0. The Morgan fingerprint density at radius 3 is 2.39 bits per heavy atom. The summed E-state index contributed by atoms with van der Waals surface area (Å²) in [5.74, 6) is 0. The van der Waals surface area contributed by atoms with Crippen LogP contribution in [0.4, 0.5) is 0 Å². The van der Waals surface area contributed by atoms with E-state index in [1.54, 1.807) is 0 Å². The maximum Gasteiger partial charge on any atom is 0.0890 e. The van der Waals surface area contributed by atoms with Crippen LogP contribution in [0.25, 0.3) is 10.9 Å². The highest BCUT2D eigenvalue weighted by Crippen LogP contribution is 2.40. The molecule has 0 saturated carbocycles. The van der Waals surface area contributed by atoms with Crippen molar-refractivity contribution in [2.24, 2.45) is 0 Å². The second-order valence-corrected chi connectivity index (χ2v) is 4.61. The second kappa shape index (κ2) is 5.94. The molecular formula is C16H24N2. The average Bonchev–Trinajstić information content (AvgIpc) is 2.68. The van der Waals surface area contributed by atoms with E-state index < -0.39 is 0 Å². The first-order valence-corrected chi connectivity index (χ1v) is 6.90. The molecule has 3 rings (SSSR count). The molecule has 2 nitrogen and oxygen atoms in total. The maximum atomic E-state index is 4.35. The van der Waals surface area contributed by atoms with Crippen molar-refractivity contribution in [2.75, 3.05) is 0 Å². The average molecular weight is 244 g/mol. The van der Waals surface area contributed by atoms with Gasteiger partial charge in [0.2, 0.25) is 0 Å². The van der Waals surface area contributed by atoms with Gasteiger partial charge < -0.3 is 0 Å². The van der Waals surface area contributed by atoms with Crippen molar-refractivity contribution >= 4 is 10.9 Å². The fraction of sp³-hybridized carbons (Fsp3) is 0.500. The first-order chi connectivity index (χ1) is 8.68. The molecule has 2 aromatic rings. The molecule has 98 valence electrons. The van der Waals surface area contributed by atoms with Gasteiger partial charge >= 0.3 is 0 Å². The summed E-state index contributed by atoms with van der Waals surface area (Å²) in [5.41, 5.74) is 4.01. The zero-order valence-electron chi connectivity index (χ0n) is 12.4. The van der Waals surface area contributed by atoms with Gasteiger partial charge in [0.05, 0.1) is 11.7 Å². The largest absolute Gasteiger partial charge is 0.262 e. The molecule has 2 heteroatoms. The van der Waals surface area contributed by atoms with E-state index in [4.69, 9.17) is 0 Å². The monoisotopic (exact) mass is 244 g/mol. The predicted molar refractivity (Wildman–Crippen MR) is 79.0 cm³/mol. The van der Waals surface area contributed by atoms with Crippen LogP contribution in [0.3, 0.4) is 0 Å². The number of rotatable bonds is 0. The Labute approximate surface area is 110 Å². The Morgan fingerprint density at radius 2 is 1.72 bits per heavy atom. The van der Waals surface area contributed by atoms with E-state index in [-0.39, 0.29) is 5.41 Å². The van der Waals surface area contributed by atoms with E-state index in [1.165, 1.54) is 16.5 Å². The lowest BCUT2D eigenvalue weighted by Gasteiger charge is -2.17. The van der Waals surface area contributed by atoms with Crippen LogP contribution >= 0.6 is 0 Å². The van der Waals surface area contributed by atoms with Crippen molar-refractivity contribution in [3.63, 3.8) is 0 Å². The van der Waals surface area contributed by atoms with E-state index in [2.05, 4.69) is 29.9 Å². The SMILES string of the molecule is CC.CC.CC1(C)Cc2ccnc3cncc1c23. The number of hydrogen-bond acceptors (Lipinski definition) is 2. The van der Waals surface area contributed by atoms with Crippen LogP contribution in [-0.4, -0.2) is 9.97 Å². The summed E-state index contributed by atoms with van der Waals surface area (Å²) < 4.78 is 0. The van der Waals surface area contributed by atoms with Crippen LogP contribution in [0, 0.1) is 0 Å². The first kappa shape index (κ1) is 14.6. The molecule has 0 radical (unpaired) electrons. The minimum Gasteiger partial charge on any atom is -0.262 e. The molecular weight excluding hydrogens is 220 g/mol. The van der Waals surface area contributed by atoms with Crippen LogP contribution in [0.5, 0.6) is 0 Å². The standard InChI is InChI=1S/C12H12N2.2C2H6/c1-12(2)5-8-3-4-14-10-7-13-6-9(12)11(8)10;2*1-2/h3-4,6-7H,5H2,1-2H3;2*1-2H3. The third-order valence-corrected chi connectivity index (χ3v) is 3.10. The predicted octanol–water partition coefficient (Wildman–Crippen LogP) is 4.52. The zero-order valence-corrected chi connectivity index (χ0v) is 12.4. The Hall–Kier alpha value is -1.44. The summed E-state index contributed by atoms with van der Waals surface area (Å²) in [6, 6.07) is 2.13. The van der Waals surface area contributed by atoms with Crippen LogP contribution in [0.2, 0.25) is 0 Å². The van der Waals surface area contributed by atoms with E-state index >= 15 is 0 Å². The summed E-state index contributed by atoms with van der Waals surface area (Å²) in [6.45, 7) is 12.5. The van der Waals surface area contributed by atoms with Gasteiger partial charge in [0.15, 0.2) is 0 Å². The highest BCUT2D eigenvalue weighted by molar-refractivity contribution is 5.88. The Bertz CT molecular complexity index is 510. The normalized spacial score (nSPS) is 14.3. The van der Waals surface area contributed by atoms with Crippen LogP contribution in [-0.2, 0) is 11.8 Å². The molecule has 1 aliphatic rings. The van der Waals surface area contributed by atoms with Crippen molar-refractivity contribution in [2.45, 2.75) is 53.4 Å². The molecule has 18 heavy (non-hydrogen) atoms. The van der Waals surface area contributed by atoms with Gasteiger partial charge in [0, 0.05) is 17.8 Å². The molecule has 0 atom stereocenters. The molecule has 0 N–H and O–H groups in total. The highest BCUT2D eigenvalue weighted by Gasteiger charge is 2.31. The first-order valence-electron chi connectivity index (χ1n) is 6.90. The van der Waals surface area contributed by atoms with E-state index in [1.807, 2.05) is 46.3 Å². The van der Waals surface area contributed by atoms with Gasteiger partial charge in [-0.25, -0.2) is 0 Å². The van der Waals surface area contributed by atoms with Crippen LogP contribution in [0.15, 0.2) is 24.7 Å². The molecule has 0 fully saturated rings. The van der Waals surface area contributed by atoms with E-state index in [0.717, 1.165) is 11.9 Å². The Morgan fingerprint density at radius 1 is 1.06 bits per heavy atom. The number of aromatic nitrogens is 2. The topological polar surface area (TPSA) is 25.8 Å². The summed E-state index contributed by atoms with van der Waals surface area (Å²) in [7, 11) is 0. The zero-order chi connectivity index (χ0) is 13.8. The van der Waals surface area contributed by atoms with Gasteiger partial charge in [-0.15, -0.1) is 0 Å².